The molecule has 2 N–H and O–H groups in total. The van der Waals surface area contributed by atoms with Crippen LogP contribution in [-0.2, 0) is 24.3 Å². The van der Waals surface area contributed by atoms with Crippen LogP contribution >= 0.6 is 0 Å². The van der Waals surface area contributed by atoms with Crippen LogP contribution in [0.1, 0.15) is 33.4 Å². The lowest BCUT2D eigenvalue weighted by atomic mass is 9.76. The molecule has 0 bridgehead atoms. The Bertz CT molecular complexity index is 1320. The summed E-state index contributed by atoms with van der Waals surface area (Å²) in [5.41, 5.74) is -6.19. The Hall–Kier alpha value is -3.77. The molecule has 0 aliphatic rings. The predicted molar refractivity (Wildman–Crippen MR) is 121 cm³/mol. The molecule has 0 radical (unpaired) electrons. The van der Waals surface area contributed by atoms with E-state index < -0.39 is 71.1 Å². The zero-order chi connectivity index (χ0) is 29.2. The number of urea groups is 1. The fourth-order valence-electron chi connectivity index (χ4n) is 4.07. The number of aryl methyl sites for hydroxylation is 1. The van der Waals surface area contributed by atoms with Gasteiger partial charge in [0.2, 0.25) is 0 Å². The normalized spacial score (nSPS) is 14.0. The molecule has 1 atom stereocenters. The van der Waals surface area contributed by atoms with Gasteiger partial charge < -0.3 is 10.6 Å². The summed E-state index contributed by atoms with van der Waals surface area (Å²) in [4.78, 5) is 12.7. The number of alkyl halides is 9. The first-order valence-electron chi connectivity index (χ1n) is 11.1. The van der Waals surface area contributed by atoms with E-state index in [9.17, 15) is 48.7 Å². The number of amides is 2. The van der Waals surface area contributed by atoms with E-state index in [0.717, 1.165) is 19.1 Å². The highest BCUT2D eigenvalue weighted by Gasteiger charge is 2.42. The van der Waals surface area contributed by atoms with Crippen molar-refractivity contribution in [1.29, 1.82) is 0 Å². The van der Waals surface area contributed by atoms with Gasteiger partial charge in [-0.1, -0.05) is 42.5 Å². The van der Waals surface area contributed by atoms with E-state index in [1.807, 2.05) is 0 Å². The van der Waals surface area contributed by atoms with Crippen LogP contribution in [0.4, 0.5) is 48.7 Å². The minimum atomic E-state index is -5.10. The zero-order valence-electron chi connectivity index (χ0n) is 20.0. The molecule has 0 unspecified atom stereocenters. The summed E-state index contributed by atoms with van der Waals surface area (Å²) in [5, 5.41) is 3.64. The van der Waals surface area contributed by atoms with Crippen molar-refractivity contribution in [1.82, 2.24) is 10.6 Å². The van der Waals surface area contributed by atoms with Gasteiger partial charge in [0.25, 0.3) is 0 Å². The Labute approximate surface area is 215 Å². The summed E-state index contributed by atoms with van der Waals surface area (Å²) < 4.78 is 135. The standard InChI is InChI=1S/C26H20F10N2O/c1-15-7-8-17(12-21(15)26(34,35)36)23(13-16-5-3-2-4-6-16,38-22(39)37-14-24(28,29)30)18-9-19(25(31,32)33)11-20(27)10-18/h2-12H,13-14H2,1H3,(H2,37,38,39)/t23-/m1/s1. The van der Waals surface area contributed by atoms with E-state index in [0.29, 0.717) is 18.2 Å². The summed E-state index contributed by atoms with van der Waals surface area (Å²) in [6.07, 6.45) is -15.5. The lowest BCUT2D eigenvalue weighted by Crippen LogP contribution is -2.53. The molecule has 0 heterocycles. The molecule has 3 nitrogen and oxygen atoms in total. The fourth-order valence-corrected chi connectivity index (χ4v) is 4.07. The summed E-state index contributed by atoms with van der Waals surface area (Å²) >= 11 is 0. The first kappa shape index (κ1) is 29.8. The molecule has 210 valence electrons. The van der Waals surface area contributed by atoms with Crippen molar-refractivity contribution < 1.29 is 48.7 Å². The highest BCUT2D eigenvalue weighted by Crippen LogP contribution is 2.41. The molecule has 0 aliphatic carbocycles. The molecule has 0 saturated carbocycles. The molecule has 3 aromatic carbocycles. The van der Waals surface area contributed by atoms with Gasteiger partial charge in [-0.05, 0) is 53.4 Å². The van der Waals surface area contributed by atoms with Gasteiger partial charge in [-0.25, -0.2) is 9.18 Å². The van der Waals surface area contributed by atoms with Crippen molar-refractivity contribution in [2.24, 2.45) is 0 Å². The van der Waals surface area contributed by atoms with Gasteiger partial charge in [0.1, 0.15) is 12.4 Å². The minimum absolute atomic E-state index is 0.150. The van der Waals surface area contributed by atoms with E-state index >= 15 is 0 Å². The molecule has 3 aromatic rings. The van der Waals surface area contributed by atoms with Crippen LogP contribution in [0.15, 0.2) is 66.7 Å². The highest BCUT2D eigenvalue weighted by molar-refractivity contribution is 5.76. The van der Waals surface area contributed by atoms with E-state index in [2.05, 4.69) is 5.32 Å². The Balaban J connectivity index is 2.36. The SMILES string of the molecule is Cc1ccc([C@@](Cc2ccccc2)(NC(=O)NCC(F)(F)F)c2cc(F)cc(C(F)(F)F)c2)cc1C(F)(F)F. The molecule has 0 saturated heterocycles. The largest absolute Gasteiger partial charge is 0.416 e. The van der Waals surface area contributed by atoms with Gasteiger partial charge in [-0.3, -0.25) is 0 Å². The van der Waals surface area contributed by atoms with Crippen molar-refractivity contribution in [2.75, 3.05) is 6.54 Å². The molecule has 39 heavy (non-hydrogen) atoms. The average molecular weight is 566 g/mol. The summed E-state index contributed by atoms with van der Waals surface area (Å²) in [7, 11) is 0. The lowest BCUT2D eigenvalue weighted by Gasteiger charge is -2.37. The Kier molecular flexibility index (Phi) is 8.23. The van der Waals surface area contributed by atoms with Gasteiger partial charge in [-0.2, -0.15) is 39.5 Å². The van der Waals surface area contributed by atoms with Gasteiger partial charge >= 0.3 is 24.6 Å². The van der Waals surface area contributed by atoms with Crippen molar-refractivity contribution in [3.05, 3.63) is 106 Å². The van der Waals surface area contributed by atoms with E-state index in [1.165, 1.54) is 29.6 Å². The lowest BCUT2D eigenvalue weighted by molar-refractivity contribution is -0.138. The molecule has 0 fully saturated rings. The second-order valence-corrected chi connectivity index (χ2v) is 8.74. The van der Waals surface area contributed by atoms with E-state index in [4.69, 9.17) is 0 Å². The maximum Gasteiger partial charge on any atom is 0.416 e. The first-order chi connectivity index (χ1) is 17.9. The van der Waals surface area contributed by atoms with Gasteiger partial charge in [-0.15, -0.1) is 0 Å². The van der Waals surface area contributed by atoms with Crippen LogP contribution in [0, 0.1) is 12.7 Å². The van der Waals surface area contributed by atoms with Gasteiger partial charge in [0, 0.05) is 6.42 Å². The Morgan fingerprint density at radius 2 is 1.36 bits per heavy atom. The van der Waals surface area contributed by atoms with Crippen molar-refractivity contribution in [3.63, 3.8) is 0 Å². The summed E-state index contributed by atoms with van der Waals surface area (Å²) in [5.74, 6) is -1.43. The van der Waals surface area contributed by atoms with Crippen LogP contribution in [-0.4, -0.2) is 18.8 Å². The topological polar surface area (TPSA) is 41.1 Å². The molecular weight excluding hydrogens is 546 g/mol. The van der Waals surface area contributed by atoms with Crippen molar-refractivity contribution >= 4 is 6.03 Å². The molecule has 3 rings (SSSR count). The molecule has 0 aliphatic heterocycles. The molecule has 2 amide bonds. The molecule has 0 spiro atoms. The first-order valence-corrected chi connectivity index (χ1v) is 11.1. The van der Waals surface area contributed by atoms with Crippen LogP contribution in [0.3, 0.4) is 0 Å². The maximum atomic E-state index is 14.6. The number of carbonyl (C=O) groups is 1. The Morgan fingerprint density at radius 3 is 1.92 bits per heavy atom. The van der Waals surface area contributed by atoms with Crippen LogP contribution < -0.4 is 10.6 Å². The average Bonchev–Trinajstić information content (AvgIpc) is 2.81. The third kappa shape index (κ3) is 7.42. The Morgan fingerprint density at radius 1 is 0.744 bits per heavy atom. The number of hydrogen-bond acceptors (Lipinski definition) is 1. The quantitative estimate of drug-likeness (QED) is 0.298. The van der Waals surface area contributed by atoms with Crippen LogP contribution in [0.5, 0.6) is 0 Å². The smallest absolute Gasteiger partial charge is 0.329 e. The number of hydrogen-bond donors (Lipinski definition) is 2. The maximum absolute atomic E-state index is 14.6. The monoisotopic (exact) mass is 566 g/mol. The van der Waals surface area contributed by atoms with E-state index in [-0.39, 0.29) is 17.2 Å². The number of rotatable bonds is 6. The molecule has 13 heteroatoms. The number of nitrogens with one attached hydrogen (secondary N) is 2. The number of benzene rings is 3. The highest BCUT2D eigenvalue weighted by atomic mass is 19.4. The van der Waals surface area contributed by atoms with E-state index in [1.54, 1.807) is 6.07 Å². The van der Waals surface area contributed by atoms with Crippen LogP contribution in [0.2, 0.25) is 0 Å². The number of carbonyl (C=O) groups excluding carboxylic acids is 1. The second kappa shape index (κ2) is 10.8. The van der Waals surface area contributed by atoms with Gasteiger partial charge in [0.15, 0.2) is 0 Å². The summed E-state index contributed by atoms with van der Waals surface area (Å²) in [6, 6.07) is 9.67. The van der Waals surface area contributed by atoms with Crippen LogP contribution in [0.25, 0.3) is 0 Å². The van der Waals surface area contributed by atoms with Crippen molar-refractivity contribution in [2.45, 2.75) is 37.4 Å². The predicted octanol–water partition coefficient (Wildman–Crippen LogP) is 7.52. The zero-order valence-corrected chi connectivity index (χ0v) is 20.0. The number of halogens is 10. The second-order valence-electron chi connectivity index (χ2n) is 8.74. The van der Waals surface area contributed by atoms with Gasteiger partial charge in [0.05, 0.1) is 16.7 Å². The molecule has 0 aromatic heterocycles. The minimum Gasteiger partial charge on any atom is -0.329 e. The third-order valence-corrected chi connectivity index (χ3v) is 5.84. The van der Waals surface area contributed by atoms with Crippen molar-refractivity contribution in [3.8, 4) is 0 Å². The summed E-state index contributed by atoms with van der Waals surface area (Å²) in [6.45, 7) is -0.724. The fraction of sp³-hybridized carbons (Fsp3) is 0.269. The third-order valence-electron chi connectivity index (χ3n) is 5.84. The molecular formula is C26H20F10N2O.